The molecule has 4 rings (SSSR count). The molecule has 7 nitrogen and oxygen atoms in total. The van der Waals surface area contributed by atoms with E-state index in [2.05, 4.69) is 15.3 Å². The van der Waals surface area contributed by atoms with Crippen LogP contribution >= 0.6 is 0 Å². The van der Waals surface area contributed by atoms with Gasteiger partial charge in [-0.2, -0.15) is 8.78 Å². The lowest BCUT2D eigenvalue weighted by molar-refractivity contribution is -0.170. The molecule has 0 saturated carbocycles. The number of hydrogen-bond donors (Lipinski definition) is 2. The van der Waals surface area contributed by atoms with E-state index in [0.717, 1.165) is 19.9 Å². The number of carbonyl (C=O) groups is 1. The number of carbonyl (C=O) groups excluding carboxylic acids is 1. The summed E-state index contributed by atoms with van der Waals surface area (Å²) < 4.78 is 50.5. The van der Waals surface area contributed by atoms with Crippen LogP contribution in [0.5, 0.6) is 5.75 Å². The Bertz CT molecular complexity index is 1320. The van der Waals surface area contributed by atoms with Gasteiger partial charge in [0, 0.05) is 24.1 Å². The number of aryl methyl sites for hydroxylation is 1. The summed E-state index contributed by atoms with van der Waals surface area (Å²) in [5.74, 6) is -3.85. The molecular formula is C25H27F3N4O3. The summed E-state index contributed by atoms with van der Waals surface area (Å²) >= 11 is 0. The Morgan fingerprint density at radius 2 is 1.91 bits per heavy atom. The Morgan fingerprint density at radius 3 is 2.57 bits per heavy atom. The van der Waals surface area contributed by atoms with Crippen LogP contribution in [-0.2, 0) is 10.7 Å². The number of alkyl halides is 2. The summed E-state index contributed by atoms with van der Waals surface area (Å²) in [6, 6.07) is 6.34. The van der Waals surface area contributed by atoms with Gasteiger partial charge in [0.2, 0.25) is 0 Å². The van der Waals surface area contributed by atoms with Gasteiger partial charge in [-0.25, -0.2) is 14.4 Å². The van der Waals surface area contributed by atoms with Crippen molar-refractivity contribution in [3.63, 3.8) is 0 Å². The van der Waals surface area contributed by atoms with Gasteiger partial charge >= 0.3 is 5.92 Å². The average molecular weight is 489 g/mol. The first-order valence-corrected chi connectivity index (χ1v) is 11.1. The van der Waals surface area contributed by atoms with Gasteiger partial charge in [0.1, 0.15) is 28.8 Å². The molecule has 0 saturated heterocycles. The van der Waals surface area contributed by atoms with Crippen molar-refractivity contribution < 1.29 is 27.8 Å². The molecule has 1 aliphatic rings. The van der Waals surface area contributed by atoms with Crippen molar-refractivity contribution in [3.05, 3.63) is 53.1 Å². The number of hydrogen-bond acceptors (Lipinski definition) is 6. The third-order valence-electron chi connectivity index (χ3n) is 6.19. The zero-order chi connectivity index (χ0) is 25.9. The van der Waals surface area contributed by atoms with Crippen LogP contribution < -0.4 is 15.0 Å². The first kappa shape index (κ1) is 24.7. The van der Waals surface area contributed by atoms with Crippen LogP contribution in [0.4, 0.5) is 24.7 Å². The van der Waals surface area contributed by atoms with Crippen LogP contribution in [0.3, 0.4) is 0 Å². The first-order chi connectivity index (χ1) is 16.2. The summed E-state index contributed by atoms with van der Waals surface area (Å²) in [5, 5.41) is 13.6. The van der Waals surface area contributed by atoms with Gasteiger partial charge in [-0.05, 0) is 46.8 Å². The number of benzene rings is 2. The molecule has 2 heterocycles. The lowest BCUT2D eigenvalue weighted by Crippen LogP contribution is -2.41. The minimum absolute atomic E-state index is 0.0155. The fourth-order valence-electron chi connectivity index (χ4n) is 4.10. The summed E-state index contributed by atoms with van der Waals surface area (Å²) in [5.41, 5.74) is -2.28. The second-order valence-electron chi connectivity index (χ2n) is 9.32. The molecule has 0 spiro atoms. The summed E-state index contributed by atoms with van der Waals surface area (Å²) in [6.45, 7) is 6.84. The smallest absolute Gasteiger partial charge is 0.303 e. The number of amides is 1. The Morgan fingerprint density at radius 1 is 1.23 bits per heavy atom. The summed E-state index contributed by atoms with van der Waals surface area (Å²) in [6.07, 6.45) is -0.636. The van der Waals surface area contributed by atoms with Crippen molar-refractivity contribution in [2.45, 2.75) is 58.3 Å². The predicted octanol–water partition coefficient (Wildman–Crippen LogP) is 4.86. The Labute approximate surface area is 200 Å². The molecule has 35 heavy (non-hydrogen) atoms. The number of likely N-dealkylation sites (N-methyl/N-ethyl adjacent to an activating group) is 1. The third kappa shape index (κ3) is 4.16. The molecule has 2 atom stereocenters. The van der Waals surface area contributed by atoms with Crippen molar-refractivity contribution in [1.29, 1.82) is 0 Å². The van der Waals surface area contributed by atoms with Crippen molar-refractivity contribution in [2.24, 2.45) is 0 Å². The minimum Gasteiger partial charge on any atom is -0.479 e. The van der Waals surface area contributed by atoms with Gasteiger partial charge in [0.15, 0.2) is 6.10 Å². The van der Waals surface area contributed by atoms with Crippen LogP contribution in [0.2, 0.25) is 0 Å². The van der Waals surface area contributed by atoms with Crippen molar-refractivity contribution in [3.8, 4) is 5.75 Å². The van der Waals surface area contributed by atoms with E-state index in [0.29, 0.717) is 34.0 Å². The number of aliphatic hydroxyl groups is 1. The molecule has 186 valence electrons. The number of halogens is 3. The SMILES string of the molecule is Cc1nc(N[C@H](C)c2cccc(C(F)(F)C(C)(C)O)c2F)c2cc3c(cc2n1)O[C@H](C)C(=O)N3C. The van der Waals surface area contributed by atoms with E-state index in [4.69, 9.17) is 4.74 Å². The van der Waals surface area contributed by atoms with E-state index < -0.39 is 35.1 Å². The number of nitrogens with zero attached hydrogens (tertiary/aromatic N) is 3. The number of nitrogens with one attached hydrogen (secondary N) is 1. The highest BCUT2D eigenvalue weighted by molar-refractivity contribution is 6.03. The van der Waals surface area contributed by atoms with Gasteiger partial charge in [0.25, 0.3) is 5.91 Å². The predicted molar refractivity (Wildman–Crippen MR) is 126 cm³/mol. The Hall–Kier alpha value is -3.40. The third-order valence-corrected chi connectivity index (χ3v) is 6.19. The van der Waals surface area contributed by atoms with Crippen molar-refractivity contribution in [1.82, 2.24) is 9.97 Å². The maximum Gasteiger partial charge on any atom is 0.303 e. The molecule has 0 fully saturated rings. The van der Waals surface area contributed by atoms with Crippen LogP contribution in [0.1, 0.15) is 50.7 Å². The zero-order valence-corrected chi connectivity index (χ0v) is 20.3. The highest BCUT2D eigenvalue weighted by Crippen LogP contribution is 2.42. The molecule has 0 aliphatic carbocycles. The van der Waals surface area contributed by atoms with Gasteiger partial charge < -0.3 is 20.1 Å². The van der Waals surface area contributed by atoms with Crippen LogP contribution in [0.25, 0.3) is 10.9 Å². The summed E-state index contributed by atoms with van der Waals surface area (Å²) in [4.78, 5) is 22.8. The molecule has 1 aliphatic heterocycles. The number of rotatable bonds is 5. The Balaban J connectivity index is 1.77. The number of ether oxygens (including phenoxy) is 1. The molecule has 3 aromatic rings. The fraction of sp³-hybridized carbons (Fsp3) is 0.400. The largest absolute Gasteiger partial charge is 0.479 e. The van der Waals surface area contributed by atoms with Gasteiger partial charge in [-0.3, -0.25) is 4.79 Å². The van der Waals surface area contributed by atoms with Gasteiger partial charge in [-0.1, -0.05) is 12.1 Å². The molecule has 2 N–H and O–H groups in total. The van der Waals surface area contributed by atoms with E-state index in [1.807, 2.05) is 0 Å². The number of anilines is 2. The lowest BCUT2D eigenvalue weighted by atomic mass is 9.91. The maximum atomic E-state index is 15.3. The normalized spacial score (nSPS) is 17.3. The number of aromatic nitrogens is 2. The first-order valence-electron chi connectivity index (χ1n) is 11.1. The highest BCUT2D eigenvalue weighted by atomic mass is 19.3. The van der Waals surface area contributed by atoms with E-state index in [1.54, 1.807) is 40.0 Å². The quantitative estimate of drug-likeness (QED) is 0.534. The van der Waals surface area contributed by atoms with Crippen LogP contribution in [0.15, 0.2) is 30.3 Å². The second kappa shape index (κ2) is 8.37. The van der Waals surface area contributed by atoms with Crippen molar-refractivity contribution in [2.75, 3.05) is 17.3 Å². The molecule has 10 heteroatoms. The Kier molecular flexibility index (Phi) is 5.91. The topological polar surface area (TPSA) is 87.6 Å². The molecule has 1 amide bonds. The van der Waals surface area contributed by atoms with E-state index in [-0.39, 0.29) is 11.5 Å². The van der Waals surface area contributed by atoms with Gasteiger partial charge in [0.05, 0.1) is 22.8 Å². The molecule has 2 aromatic carbocycles. The van der Waals surface area contributed by atoms with E-state index in [9.17, 15) is 18.7 Å². The average Bonchev–Trinajstić information content (AvgIpc) is 2.75. The fourth-order valence-corrected chi connectivity index (χ4v) is 4.10. The zero-order valence-electron chi connectivity index (χ0n) is 20.3. The second-order valence-corrected chi connectivity index (χ2v) is 9.32. The van der Waals surface area contributed by atoms with Gasteiger partial charge in [-0.15, -0.1) is 0 Å². The van der Waals surface area contributed by atoms with Crippen LogP contribution in [-0.4, -0.2) is 39.7 Å². The summed E-state index contributed by atoms with van der Waals surface area (Å²) in [7, 11) is 1.64. The molecular weight excluding hydrogens is 461 g/mol. The molecule has 0 bridgehead atoms. The number of fused-ring (bicyclic) bond motifs is 2. The molecule has 1 aromatic heterocycles. The van der Waals surface area contributed by atoms with E-state index >= 15 is 4.39 Å². The lowest BCUT2D eigenvalue weighted by Gasteiger charge is -2.31. The highest BCUT2D eigenvalue weighted by Gasteiger charge is 2.49. The maximum absolute atomic E-state index is 15.3. The van der Waals surface area contributed by atoms with E-state index in [1.165, 1.54) is 17.0 Å². The van der Waals surface area contributed by atoms with Crippen LogP contribution in [0, 0.1) is 12.7 Å². The standard InChI is InChI=1S/C25H27F3N4O3/c1-12(15-8-7-9-17(21(15)26)25(27,28)24(4,5)34)29-22-16-10-19-20(11-18(16)30-14(3)31-22)35-13(2)23(33)32(19)6/h7-13,34H,1-6H3,(H,29,30,31)/t12-,13-/m1/s1. The monoisotopic (exact) mass is 488 g/mol. The minimum atomic E-state index is -3.81. The molecule has 0 radical (unpaired) electrons. The molecule has 0 unspecified atom stereocenters. The van der Waals surface area contributed by atoms with Crippen molar-refractivity contribution >= 4 is 28.3 Å².